The van der Waals surface area contributed by atoms with Crippen LogP contribution in [0.15, 0.2) is 30.3 Å². The zero-order chi connectivity index (χ0) is 11.8. The third-order valence-corrected chi connectivity index (χ3v) is 4.04. The molecule has 1 atom stereocenters. The highest BCUT2D eigenvalue weighted by Crippen LogP contribution is 2.36. The van der Waals surface area contributed by atoms with Crippen LogP contribution in [-0.4, -0.2) is 0 Å². The largest absolute Gasteiger partial charge is 0.324 e. The lowest BCUT2D eigenvalue weighted by Gasteiger charge is -2.16. The van der Waals surface area contributed by atoms with Gasteiger partial charge in [0, 0.05) is 16.5 Å². The summed E-state index contributed by atoms with van der Waals surface area (Å²) >= 11 is 6.36. The Morgan fingerprint density at radius 1 is 1.12 bits per heavy atom. The number of halogens is 1. The van der Waals surface area contributed by atoms with Gasteiger partial charge in [-0.05, 0) is 41.8 Å². The average molecular weight is 246 g/mol. The van der Waals surface area contributed by atoms with E-state index in [0.717, 1.165) is 23.3 Å². The van der Waals surface area contributed by atoms with Crippen LogP contribution in [0.4, 0.5) is 0 Å². The molecule has 0 fully saturated rings. The van der Waals surface area contributed by atoms with Crippen LogP contribution in [0.3, 0.4) is 0 Å². The molecule has 0 amide bonds. The van der Waals surface area contributed by atoms with E-state index in [0.29, 0.717) is 0 Å². The minimum Gasteiger partial charge on any atom is -0.324 e. The van der Waals surface area contributed by atoms with Crippen LogP contribution in [0.2, 0.25) is 5.02 Å². The Kier molecular flexibility index (Phi) is 2.81. The molecule has 0 radical (unpaired) electrons. The average Bonchev–Trinajstić information content (AvgIpc) is 2.53. The Balaban J connectivity index is 2.34. The first-order chi connectivity index (χ1) is 8.27. The summed E-state index contributed by atoms with van der Waals surface area (Å²) in [4.78, 5) is 0. The predicted octanol–water partition coefficient (Wildman–Crippen LogP) is 4.22. The van der Waals surface area contributed by atoms with Crippen LogP contribution in [-0.2, 0) is 6.42 Å². The number of aryl methyl sites for hydroxylation is 1. The van der Waals surface area contributed by atoms with Crippen molar-refractivity contribution in [2.45, 2.75) is 31.7 Å². The molecule has 0 spiro atoms. The van der Waals surface area contributed by atoms with Gasteiger partial charge in [0.15, 0.2) is 0 Å². The van der Waals surface area contributed by atoms with Crippen LogP contribution in [0.1, 0.15) is 36.4 Å². The molecule has 2 heteroatoms. The summed E-state index contributed by atoms with van der Waals surface area (Å²) in [7, 11) is 0. The van der Waals surface area contributed by atoms with Gasteiger partial charge in [0.25, 0.3) is 0 Å². The Morgan fingerprint density at radius 2 is 1.88 bits per heavy atom. The number of fused-ring (bicyclic) bond motifs is 3. The number of nitrogens with two attached hydrogens (primary N) is 1. The Bertz CT molecular complexity index is 562. The standard InChI is InChI=1S/C15H16ClN/c16-14-9-13-11(6-3-4-8-15(13)17)10-5-1-2-7-12(10)14/h1-2,5,7,9,15H,3-4,6,8,17H2. The van der Waals surface area contributed by atoms with Crippen LogP contribution in [0.25, 0.3) is 10.8 Å². The molecule has 0 saturated heterocycles. The van der Waals surface area contributed by atoms with Crippen LogP contribution in [0, 0.1) is 0 Å². The highest BCUT2D eigenvalue weighted by atomic mass is 35.5. The van der Waals surface area contributed by atoms with E-state index in [2.05, 4.69) is 24.3 Å². The van der Waals surface area contributed by atoms with Gasteiger partial charge in [-0.25, -0.2) is 0 Å². The third-order valence-electron chi connectivity index (χ3n) is 3.73. The molecule has 0 bridgehead atoms. The number of hydrogen-bond donors (Lipinski definition) is 1. The first-order valence-electron chi connectivity index (χ1n) is 6.23. The van der Waals surface area contributed by atoms with Crippen molar-refractivity contribution in [2.75, 3.05) is 0 Å². The summed E-state index contributed by atoms with van der Waals surface area (Å²) < 4.78 is 0. The smallest absolute Gasteiger partial charge is 0.0487 e. The summed E-state index contributed by atoms with van der Waals surface area (Å²) in [6, 6.07) is 10.6. The van der Waals surface area contributed by atoms with Gasteiger partial charge in [0.1, 0.15) is 0 Å². The van der Waals surface area contributed by atoms with E-state index < -0.39 is 0 Å². The number of benzene rings is 2. The molecule has 0 saturated carbocycles. The molecule has 1 unspecified atom stereocenters. The van der Waals surface area contributed by atoms with Crippen molar-refractivity contribution in [3.8, 4) is 0 Å². The van der Waals surface area contributed by atoms with Gasteiger partial charge in [-0.2, -0.15) is 0 Å². The molecule has 1 aliphatic rings. The second kappa shape index (κ2) is 4.32. The lowest BCUT2D eigenvalue weighted by Crippen LogP contribution is -2.10. The van der Waals surface area contributed by atoms with E-state index in [-0.39, 0.29) is 6.04 Å². The van der Waals surface area contributed by atoms with E-state index >= 15 is 0 Å². The third kappa shape index (κ3) is 1.84. The highest BCUT2D eigenvalue weighted by molar-refractivity contribution is 6.35. The van der Waals surface area contributed by atoms with Crippen molar-refractivity contribution in [3.63, 3.8) is 0 Å². The highest BCUT2D eigenvalue weighted by Gasteiger charge is 2.18. The molecule has 1 aliphatic carbocycles. The van der Waals surface area contributed by atoms with Gasteiger partial charge in [0.2, 0.25) is 0 Å². The van der Waals surface area contributed by atoms with Gasteiger partial charge in [-0.3, -0.25) is 0 Å². The fourth-order valence-corrected chi connectivity index (χ4v) is 3.13. The number of hydrogen-bond acceptors (Lipinski definition) is 1. The molecule has 0 aromatic heterocycles. The van der Waals surface area contributed by atoms with Crippen LogP contribution < -0.4 is 5.73 Å². The van der Waals surface area contributed by atoms with Crippen LogP contribution in [0.5, 0.6) is 0 Å². The second-order valence-electron chi connectivity index (χ2n) is 4.82. The molecule has 17 heavy (non-hydrogen) atoms. The minimum atomic E-state index is 0.148. The first kappa shape index (κ1) is 11.1. The monoisotopic (exact) mass is 245 g/mol. The van der Waals surface area contributed by atoms with E-state index in [1.807, 2.05) is 6.07 Å². The molecule has 2 aromatic carbocycles. The number of rotatable bonds is 0. The van der Waals surface area contributed by atoms with Gasteiger partial charge in [0.05, 0.1) is 0 Å². The maximum atomic E-state index is 6.36. The molecule has 88 valence electrons. The summed E-state index contributed by atoms with van der Waals surface area (Å²) in [5, 5.41) is 3.27. The zero-order valence-corrected chi connectivity index (χ0v) is 10.5. The van der Waals surface area contributed by atoms with Crippen molar-refractivity contribution in [1.82, 2.24) is 0 Å². The summed E-state index contributed by atoms with van der Waals surface area (Å²) in [5.74, 6) is 0. The van der Waals surface area contributed by atoms with Crippen molar-refractivity contribution >= 4 is 22.4 Å². The van der Waals surface area contributed by atoms with Crippen molar-refractivity contribution < 1.29 is 0 Å². The van der Waals surface area contributed by atoms with Gasteiger partial charge >= 0.3 is 0 Å². The van der Waals surface area contributed by atoms with Gasteiger partial charge in [-0.1, -0.05) is 42.3 Å². The van der Waals surface area contributed by atoms with E-state index in [4.69, 9.17) is 17.3 Å². The maximum Gasteiger partial charge on any atom is 0.0487 e. The quantitative estimate of drug-likeness (QED) is 0.691. The van der Waals surface area contributed by atoms with Crippen LogP contribution >= 0.6 is 11.6 Å². The molecule has 3 rings (SSSR count). The van der Waals surface area contributed by atoms with Crippen molar-refractivity contribution in [1.29, 1.82) is 0 Å². The molecule has 2 N–H and O–H groups in total. The van der Waals surface area contributed by atoms with E-state index in [9.17, 15) is 0 Å². The SMILES string of the molecule is NC1CCCCc2c1cc(Cl)c1ccccc21. The summed E-state index contributed by atoms with van der Waals surface area (Å²) in [6.07, 6.45) is 4.64. The normalized spacial score (nSPS) is 20.0. The van der Waals surface area contributed by atoms with Gasteiger partial charge < -0.3 is 5.73 Å². The minimum absolute atomic E-state index is 0.148. The zero-order valence-electron chi connectivity index (χ0n) is 9.75. The van der Waals surface area contributed by atoms with E-state index in [1.165, 1.54) is 29.4 Å². The predicted molar refractivity (Wildman–Crippen MR) is 73.4 cm³/mol. The maximum absolute atomic E-state index is 6.36. The van der Waals surface area contributed by atoms with Crippen molar-refractivity contribution in [2.24, 2.45) is 5.73 Å². The molecule has 0 heterocycles. The van der Waals surface area contributed by atoms with E-state index in [1.54, 1.807) is 0 Å². The lowest BCUT2D eigenvalue weighted by molar-refractivity contribution is 0.615. The second-order valence-corrected chi connectivity index (χ2v) is 5.23. The summed E-state index contributed by atoms with van der Waals surface area (Å²) in [5.41, 5.74) is 8.92. The topological polar surface area (TPSA) is 26.0 Å². The lowest BCUT2D eigenvalue weighted by atomic mass is 9.94. The first-order valence-corrected chi connectivity index (χ1v) is 6.61. The molecule has 1 nitrogen and oxygen atoms in total. The summed E-state index contributed by atoms with van der Waals surface area (Å²) in [6.45, 7) is 0. The Labute approximate surface area is 107 Å². The Morgan fingerprint density at radius 3 is 2.71 bits per heavy atom. The fourth-order valence-electron chi connectivity index (χ4n) is 2.84. The van der Waals surface area contributed by atoms with Crippen molar-refractivity contribution in [3.05, 3.63) is 46.5 Å². The molecule has 0 aliphatic heterocycles. The molecular weight excluding hydrogens is 230 g/mol. The Hall–Kier alpha value is -1.05. The van der Waals surface area contributed by atoms with Gasteiger partial charge in [-0.15, -0.1) is 0 Å². The molecule has 2 aromatic rings. The fraction of sp³-hybridized carbons (Fsp3) is 0.333. The molecular formula is C15H16ClN.